The molecule has 0 aromatic heterocycles. The first-order chi connectivity index (χ1) is 22.7. The largest absolute Gasteiger partial charge is 1.00 e. The van der Waals surface area contributed by atoms with Crippen LogP contribution in [0.5, 0.6) is 0 Å². The highest BCUT2D eigenvalue weighted by atomic mass is 79.9. The van der Waals surface area contributed by atoms with Crippen molar-refractivity contribution < 1.29 is 17.0 Å². The number of hydrogen-bond acceptors (Lipinski definition) is 0. The molecule has 7 aromatic carbocycles. The molecule has 0 spiro atoms. The Morgan fingerprint density at radius 3 is 0.617 bits per heavy atom. The smallest absolute Gasteiger partial charge is 0.144 e. The van der Waals surface area contributed by atoms with Crippen LogP contribution >= 0.6 is 14.5 Å². The van der Waals surface area contributed by atoms with Crippen molar-refractivity contribution in [2.45, 2.75) is 13.8 Å². The fourth-order valence-electron chi connectivity index (χ4n) is 7.15. The molecule has 0 aliphatic carbocycles. The van der Waals surface area contributed by atoms with Crippen LogP contribution in [0.25, 0.3) is 0 Å². The fraction of sp³-hybridized carbons (Fsp3) is 0.0455. The quantitative estimate of drug-likeness (QED) is 0.204. The molecule has 0 nitrogen and oxygen atoms in total. The van der Waals surface area contributed by atoms with Gasteiger partial charge in [-0.2, -0.15) is 0 Å². The van der Waals surface area contributed by atoms with Gasteiger partial charge < -0.3 is 17.0 Å². The average molecular weight is 709 g/mol. The van der Waals surface area contributed by atoms with Crippen molar-refractivity contribution in [2.24, 2.45) is 0 Å². The lowest BCUT2D eigenvalue weighted by Gasteiger charge is -2.32. The fourth-order valence-corrected chi connectivity index (χ4v) is 16.3. The predicted molar refractivity (Wildman–Crippen MR) is 205 cm³/mol. The topological polar surface area (TPSA) is 0 Å². The second-order valence-electron chi connectivity index (χ2n) is 11.8. The van der Waals surface area contributed by atoms with Crippen LogP contribution in [0.15, 0.2) is 194 Å². The molecule has 0 N–H and O–H groups in total. The van der Waals surface area contributed by atoms with Crippen LogP contribution in [0, 0.1) is 13.8 Å². The summed E-state index contributed by atoms with van der Waals surface area (Å²) in [4.78, 5) is 0. The Morgan fingerprint density at radius 2 is 0.447 bits per heavy atom. The van der Waals surface area contributed by atoms with Crippen molar-refractivity contribution in [2.75, 3.05) is 0 Å². The Balaban J connectivity index is 0.00000386. The van der Waals surface area contributed by atoms with E-state index < -0.39 is 14.5 Å². The number of aryl methyl sites for hydroxylation is 2. The van der Waals surface area contributed by atoms with Crippen molar-refractivity contribution in [3.63, 3.8) is 0 Å². The summed E-state index contributed by atoms with van der Waals surface area (Å²) < 4.78 is 0. The lowest BCUT2D eigenvalue weighted by Crippen LogP contribution is -3.00. The highest BCUT2D eigenvalue weighted by molar-refractivity contribution is 8.02. The molecular formula is C44H38BrP2+. The summed E-state index contributed by atoms with van der Waals surface area (Å²) in [6, 6.07) is 72.3. The molecule has 0 bridgehead atoms. The zero-order valence-electron chi connectivity index (χ0n) is 26.7. The minimum absolute atomic E-state index is 0. The molecule has 0 aliphatic rings. The van der Waals surface area contributed by atoms with E-state index in [0.717, 1.165) is 0 Å². The van der Waals surface area contributed by atoms with Gasteiger partial charge in [0.1, 0.15) is 57.0 Å². The molecular weight excluding hydrogens is 670 g/mol. The maximum atomic E-state index is 2.55. The molecule has 7 aromatic rings. The Labute approximate surface area is 291 Å². The van der Waals surface area contributed by atoms with Crippen LogP contribution in [-0.4, -0.2) is 0 Å². The Hall–Kier alpha value is -4.12. The zero-order chi connectivity index (χ0) is 31.4. The van der Waals surface area contributed by atoms with Crippen molar-refractivity contribution in [1.29, 1.82) is 0 Å². The van der Waals surface area contributed by atoms with Crippen LogP contribution in [0.3, 0.4) is 0 Å². The van der Waals surface area contributed by atoms with Crippen LogP contribution in [-0.2, 0) is 0 Å². The van der Waals surface area contributed by atoms with Gasteiger partial charge in [0.15, 0.2) is 0 Å². The minimum Gasteiger partial charge on any atom is -1.00 e. The van der Waals surface area contributed by atoms with Crippen LogP contribution < -0.4 is 59.4 Å². The number of hydrogen-bond donors (Lipinski definition) is 0. The molecule has 230 valence electrons. The van der Waals surface area contributed by atoms with E-state index in [9.17, 15) is 0 Å². The van der Waals surface area contributed by atoms with Crippen LogP contribution in [0.2, 0.25) is 0 Å². The molecule has 0 saturated carbocycles. The molecule has 7 rings (SSSR count). The van der Waals surface area contributed by atoms with Gasteiger partial charge in [-0.3, -0.25) is 0 Å². The van der Waals surface area contributed by atoms with Crippen molar-refractivity contribution in [3.8, 4) is 0 Å². The number of benzene rings is 7. The van der Waals surface area contributed by atoms with E-state index in [-0.39, 0.29) is 17.0 Å². The SMILES string of the molecule is Cc1cc([P+](c2ccccc2)(c2ccccc2)c2ccccc2)c(C)cc1[P+](c1ccccc1)(c1ccccc1)c1ccccc1.[Br-]. The van der Waals surface area contributed by atoms with Gasteiger partial charge in [-0.1, -0.05) is 109 Å². The standard InChI is InChI=1S/C44H38P2.BrH/c1-35-33-44(46(40-27-15-6-16-28-40,41-29-17-7-18-30-41)42-31-19-8-20-32-42)36(2)34-43(35)45(37-21-9-3-10-22-37,38-23-11-4-12-24-38)39-25-13-5-14-26-39;/h3-34H,1-2H3;1H/q+2;/p-1. The van der Waals surface area contributed by atoms with Gasteiger partial charge >= 0.3 is 0 Å². The molecule has 0 amide bonds. The van der Waals surface area contributed by atoms with Crippen molar-refractivity contribution in [3.05, 3.63) is 205 Å². The summed E-state index contributed by atoms with van der Waals surface area (Å²) in [6.45, 7) is 4.69. The molecule has 0 unspecified atom stereocenters. The summed E-state index contributed by atoms with van der Waals surface area (Å²) >= 11 is 0. The number of rotatable bonds is 8. The molecule has 0 atom stereocenters. The lowest BCUT2D eigenvalue weighted by molar-refractivity contribution is -0.00000880. The summed E-state index contributed by atoms with van der Waals surface area (Å²) in [5.74, 6) is 0. The maximum Gasteiger partial charge on any atom is 0.144 e. The van der Waals surface area contributed by atoms with E-state index in [2.05, 4.69) is 208 Å². The van der Waals surface area contributed by atoms with Gasteiger partial charge in [-0.05, 0) is 110 Å². The van der Waals surface area contributed by atoms with Crippen LogP contribution in [0.1, 0.15) is 11.1 Å². The molecule has 3 heteroatoms. The first-order valence-electron chi connectivity index (χ1n) is 15.9. The second-order valence-corrected chi connectivity index (χ2v) is 18.5. The van der Waals surface area contributed by atoms with Gasteiger partial charge in [-0.15, -0.1) is 0 Å². The summed E-state index contributed by atoms with van der Waals surface area (Å²) in [5, 5.41) is 11.1. The van der Waals surface area contributed by atoms with Gasteiger partial charge in [0, 0.05) is 0 Å². The molecule has 0 fully saturated rings. The third kappa shape index (κ3) is 5.72. The third-order valence-corrected chi connectivity index (χ3v) is 17.9. The molecule has 0 saturated heterocycles. The average Bonchev–Trinajstić information content (AvgIpc) is 3.13. The predicted octanol–water partition coefficient (Wildman–Crippen LogP) is 4.55. The molecule has 0 aliphatic heterocycles. The highest BCUT2D eigenvalue weighted by Gasteiger charge is 2.52. The Morgan fingerprint density at radius 1 is 0.277 bits per heavy atom. The first-order valence-corrected chi connectivity index (χ1v) is 19.5. The number of halogens is 1. The summed E-state index contributed by atoms with van der Waals surface area (Å²) in [7, 11) is -4.49. The van der Waals surface area contributed by atoms with E-state index in [0.29, 0.717) is 0 Å². The van der Waals surface area contributed by atoms with E-state index in [1.165, 1.54) is 53.6 Å². The monoisotopic (exact) mass is 707 g/mol. The molecule has 47 heavy (non-hydrogen) atoms. The Bertz CT molecular complexity index is 1690. The normalized spacial score (nSPS) is 11.4. The molecule has 0 radical (unpaired) electrons. The molecule has 0 heterocycles. The second kappa shape index (κ2) is 14.3. The maximum absolute atomic E-state index is 2.55. The van der Waals surface area contributed by atoms with E-state index in [1.807, 2.05) is 0 Å². The van der Waals surface area contributed by atoms with Crippen molar-refractivity contribution >= 4 is 57.0 Å². The van der Waals surface area contributed by atoms with E-state index in [1.54, 1.807) is 0 Å². The minimum atomic E-state index is -2.25. The van der Waals surface area contributed by atoms with E-state index >= 15 is 0 Å². The summed E-state index contributed by atoms with van der Waals surface area (Å²) in [5.41, 5.74) is 2.66. The van der Waals surface area contributed by atoms with Gasteiger partial charge in [0.2, 0.25) is 0 Å². The highest BCUT2D eigenvalue weighted by Crippen LogP contribution is 2.58. The van der Waals surface area contributed by atoms with Crippen molar-refractivity contribution in [1.82, 2.24) is 0 Å². The van der Waals surface area contributed by atoms with Crippen LogP contribution in [0.4, 0.5) is 0 Å². The van der Waals surface area contributed by atoms with E-state index in [4.69, 9.17) is 0 Å². The van der Waals surface area contributed by atoms with Gasteiger partial charge in [-0.25, -0.2) is 0 Å². The Kier molecular flexibility index (Phi) is 10.0. The lowest BCUT2D eigenvalue weighted by atomic mass is 10.2. The third-order valence-electron chi connectivity index (χ3n) is 9.10. The zero-order valence-corrected chi connectivity index (χ0v) is 30.1. The van der Waals surface area contributed by atoms with Gasteiger partial charge in [0.05, 0.1) is 0 Å². The first kappa shape index (κ1) is 32.8. The van der Waals surface area contributed by atoms with Gasteiger partial charge in [0.25, 0.3) is 0 Å². The summed E-state index contributed by atoms with van der Waals surface area (Å²) in [6.07, 6.45) is 0.